The molecule has 0 amide bonds. The SMILES string of the molecule is CCC(O)(c1ccccc1OC)C(F)(F)F. The van der Waals surface area contributed by atoms with Crippen molar-refractivity contribution in [3.63, 3.8) is 0 Å². The molecule has 0 aliphatic rings. The Morgan fingerprint density at radius 2 is 1.81 bits per heavy atom. The van der Waals surface area contributed by atoms with Crippen molar-refractivity contribution in [3.8, 4) is 5.75 Å². The number of para-hydroxylation sites is 1. The lowest BCUT2D eigenvalue weighted by atomic mass is 9.89. The maximum Gasteiger partial charge on any atom is 0.421 e. The minimum Gasteiger partial charge on any atom is -0.496 e. The summed E-state index contributed by atoms with van der Waals surface area (Å²) >= 11 is 0. The van der Waals surface area contributed by atoms with E-state index < -0.39 is 18.2 Å². The van der Waals surface area contributed by atoms with Gasteiger partial charge in [-0.25, -0.2) is 0 Å². The Labute approximate surface area is 91.7 Å². The largest absolute Gasteiger partial charge is 0.496 e. The molecule has 0 saturated carbocycles. The first-order valence-electron chi connectivity index (χ1n) is 4.79. The summed E-state index contributed by atoms with van der Waals surface area (Å²) < 4.78 is 43.2. The summed E-state index contributed by atoms with van der Waals surface area (Å²) in [5.74, 6) is 0.0316. The van der Waals surface area contributed by atoms with E-state index in [0.29, 0.717) is 0 Å². The second-order valence-electron chi connectivity index (χ2n) is 3.41. The van der Waals surface area contributed by atoms with Crippen molar-refractivity contribution in [2.45, 2.75) is 25.1 Å². The summed E-state index contributed by atoms with van der Waals surface area (Å²) in [5.41, 5.74) is -3.12. The van der Waals surface area contributed by atoms with Crippen LogP contribution >= 0.6 is 0 Å². The zero-order valence-electron chi connectivity index (χ0n) is 9.01. The van der Waals surface area contributed by atoms with Gasteiger partial charge < -0.3 is 9.84 Å². The second kappa shape index (κ2) is 4.33. The summed E-state index contributed by atoms with van der Waals surface area (Å²) in [5, 5.41) is 9.73. The molecule has 0 saturated heterocycles. The number of halogens is 3. The Balaban J connectivity index is 3.33. The molecule has 0 heterocycles. The molecular weight excluding hydrogens is 221 g/mol. The molecule has 1 aromatic rings. The van der Waals surface area contributed by atoms with Crippen LogP contribution in [-0.2, 0) is 5.60 Å². The molecule has 0 radical (unpaired) electrons. The van der Waals surface area contributed by atoms with Crippen molar-refractivity contribution in [1.82, 2.24) is 0 Å². The van der Waals surface area contributed by atoms with Crippen molar-refractivity contribution < 1.29 is 23.0 Å². The highest BCUT2D eigenvalue weighted by molar-refractivity contribution is 5.38. The van der Waals surface area contributed by atoms with Crippen LogP contribution in [0.5, 0.6) is 5.75 Å². The van der Waals surface area contributed by atoms with Gasteiger partial charge in [0.05, 0.1) is 7.11 Å². The molecule has 0 fully saturated rings. The van der Waals surface area contributed by atoms with Gasteiger partial charge >= 0.3 is 6.18 Å². The number of hydrogen-bond acceptors (Lipinski definition) is 2. The van der Waals surface area contributed by atoms with Crippen molar-refractivity contribution in [1.29, 1.82) is 0 Å². The number of rotatable bonds is 3. The molecule has 2 nitrogen and oxygen atoms in total. The van der Waals surface area contributed by atoms with Gasteiger partial charge in [0.25, 0.3) is 0 Å². The van der Waals surface area contributed by atoms with Crippen molar-refractivity contribution in [2.75, 3.05) is 7.11 Å². The molecule has 1 rings (SSSR count). The van der Waals surface area contributed by atoms with Gasteiger partial charge in [-0.05, 0) is 12.5 Å². The minimum absolute atomic E-state index is 0.0316. The highest BCUT2D eigenvalue weighted by atomic mass is 19.4. The maximum absolute atomic E-state index is 12.8. The van der Waals surface area contributed by atoms with Gasteiger partial charge in [0.15, 0.2) is 5.60 Å². The van der Waals surface area contributed by atoms with E-state index in [9.17, 15) is 18.3 Å². The van der Waals surface area contributed by atoms with Crippen LogP contribution in [0, 0.1) is 0 Å². The lowest BCUT2D eigenvalue weighted by Gasteiger charge is -2.30. The number of alkyl halides is 3. The molecule has 0 aliphatic carbocycles. The first-order valence-corrected chi connectivity index (χ1v) is 4.79. The van der Waals surface area contributed by atoms with E-state index in [1.807, 2.05) is 0 Å². The summed E-state index contributed by atoms with van der Waals surface area (Å²) in [6.45, 7) is 1.28. The highest BCUT2D eigenvalue weighted by Gasteiger charge is 2.54. The van der Waals surface area contributed by atoms with Crippen LogP contribution in [0.4, 0.5) is 13.2 Å². The van der Waals surface area contributed by atoms with E-state index in [-0.39, 0.29) is 11.3 Å². The lowest BCUT2D eigenvalue weighted by Crippen LogP contribution is -2.41. The zero-order valence-corrected chi connectivity index (χ0v) is 9.01. The number of hydrogen-bond donors (Lipinski definition) is 1. The average molecular weight is 234 g/mol. The fraction of sp³-hybridized carbons (Fsp3) is 0.455. The van der Waals surface area contributed by atoms with E-state index in [1.54, 1.807) is 6.07 Å². The molecule has 90 valence electrons. The highest BCUT2D eigenvalue weighted by Crippen LogP contribution is 2.44. The van der Waals surface area contributed by atoms with Crippen molar-refractivity contribution in [2.24, 2.45) is 0 Å². The molecule has 1 N–H and O–H groups in total. The van der Waals surface area contributed by atoms with E-state index in [1.165, 1.54) is 32.2 Å². The third-order valence-electron chi connectivity index (χ3n) is 2.53. The van der Waals surface area contributed by atoms with Gasteiger partial charge in [-0.2, -0.15) is 13.2 Å². The smallest absolute Gasteiger partial charge is 0.421 e. The molecule has 1 unspecified atom stereocenters. The Bertz CT molecular complexity index is 362. The van der Waals surface area contributed by atoms with Crippen molar-refractivity contribution in [3.05, 3.63) is 29.8 Å². The third-order valence-corrected chi connectivity index (χ3v) is 2.53. The molecule has 5 heteroatoms. The van der Waals surface area contributed by atoms with Gasteiger partial charge in [0, 0.05) is 5.56 Å². The fourth-order valence-electron chi connectivity index (χ4n) is 1.53. The molecule has 1 aromatic carbocycles. The first-order chi connectivity index (χ1) is 7.36. The van der Waals surface area contributed by atoms with Gasteiger partial charge in [0.2, 0.25) is 0 Å². The average Bonchev–Trinajstić information content (AvgIpc) is 2.26. The van der Waals surface area contributed by atoms with E-state index in [4.69, 9.17) is 4.74 Å². The molecular formula is C11H13F3O2. The Morgan fingerprint density at radius 3 is 2.25 bits per heavy atom. The van der Waals surface area contributed by atoms with Gasteiger partial charge in [-0.15, -0.1) is 0 Å². The quantitative estimate of drug-likeness (QED) is 0.871. The Morgan fingerprint density at radius 1 is 1.25 bits per heavy atom. The van der Waals surface area contributed by atoms with Crippen LogP contribution in [0.3, 0.4) is 0 Å². The van der Waals surface area contributed by atoms with Crippen molar-refractivity contribution >= 4 is 0 Å². The summed E-state index contributed by atoms with van der Waals surface area (Å²) in [7, 11) is 1.27. The third kappa shape index (κ3) is 2.00. The van der Waals surface area contributed by atoms with E-state index in [0.717, 1.165) is 0 Å². The first kappa shape index (κ1) is 12.8. The maximum atomic E-state index is 12.8. The summed E-state index contributed by atoms with van der Waals surface area (Å²) in [6, 6.07) is 5.59. The van der Waals surface area contributed by atoms with Crippen LogP contribution in [0.15, 0.2) is 24.3 Å². The standard InChI is InChI=1S/C11H13F3O2/c1-3-10(15,11(12,13)14)8-6-4-5-7-9(8)16-2/h4-7,15H,3H2,1-2H3. The molecule has 0 spiro atoms. The molecule has 0 aromatic heterocycles. The summed E-state index contributed by atoms with van der Waals surface area (Å²) in [6.07, 6.45) is -5.19. The van der Waals surface area contributed by atoms with Crippen LogP contribution in [0.25, 0.3) is 0 Å². The van der Waals surface area contributed by atoms with Crippen LogP contribution < -0.4 is 4.74 Å². The van der Waals surface area contributed by atoms with E-state index in [2.05, 4.69) is 0 Å². The number of aliphatic hydroxyl groups is 1. The van der Waals surface area contributed by atoms with Crippen LogP contribution in [0.1, 0.15) is 18.9 Å². The predicted molar refractivity (Wildman–Crippen MR) is 53.2 cm³/mol. The van der Waals surface area contributed by atoms with Crippen LogP contribution in [-0.4, -0.2) is 18.4 Å². The monoisotopic (exact) mass is 234 g/mol. The number of methoxy groups -OCH3 is 1. The van der Waals surface area contributed by atoms with Gasteiger partial charge in [-0.1, -0.05) is 25.1 Å². The Kier molecular flexibility index (Phi) is 3.48. The summed E-state index contributed by atoms with van der Waals surface area (Å²) in [4.78, 5) is 0. The molecule has 1 atom stereocenters. The second-order valence-corrected chi connectivity index (χ2v) is 3.41. The van der Waals surface area contributed by atoms with Gasteiger partial charge in [0.1, 0.15) is 5.75 Å². The number of ether oxygens (including phenoxy) is 1. The van der Waals surface area contributed by atoms with Gasteiger partial charge in [-0.3, -0.25) is 0 Å². The van der Waals surface area contributed by atoms with Crippen LogP contribution in [0.2, 0.25) is 0 Å². The van der Waals surface area contributed by atoms with E-state index >= 15 is 0 Å². The molecule has 0 bridgehead atoms. The Hall–Kier alpha value is -1.23. The molecule has 0 aliphatic heterocycles. The number of benzene rings is 1. The minimum atomic E-state index is -4.73. The predicted octanol–water partition coefficient (Wildman–Crippen LogP) is 2.86. The lowest BCUT2D eigenvalue weighted by molar-refractivity contribution is -0.268. The molecule has 16 heavy (non-hydrogen) atoms. The topological polar surface area (TPSA) is 29.5 Å². The fourth-order valence-corrected chi connectivity index (χ4v) is 1.53. The normalized spacial score (nSPS) is 15.6. The zero-order chi connectivity index (χ0) is 12.4.